The molecule has 0 saturated carbocycles. The lowest BCUT2D eigenvalue weighted by Gasteiger charge is -2.12. The lowest BCUT2D eigenvalue weighted by Crippen LogP contribution is -2.27. The zero-order valence-electron chi connectivity index (χ0n) is 16.3. The van der Waals surface area contributed by atoms with Crippen LogP contribution in [0.25, 0.3) is 0 Å². The summed E-state index contributed by atoms with van der Waals surface area (Å²) < 4.78 is 5.29. The molecule has 1 aliphatic rings. The van der Waals surface area contributed by atoms with Crippen molar-refractivity contribution in [1.29, 1.82) is 0 Å². The van der Waals surface area contributed by atoms with E-state index in [2.05, 4.69) is 16.9 Å². The molecule has 0 atom stereocenters. The first kappa shape index (κ1) is 21.3. The largest absolute Gasteiger partial charge is 0.448 e. The molecule has 0 bridgehead atoms. The number of amides is 2. The molecule has 7 heteroatoms. The minimum Gasteiger partial charge on any atom is -0.448 e. The Hall–Kier alpha value is -2.96. The van der Waals surface area contributed by atoms with Crippen LogP contribution in [-0.2, 0) is 16.0 Å². The van der Waals surface area contributed by atoms with Crippen LogP contribution in [0.5, 0.6) is 0 Å². The lowest BCUT2D eigenvalue weighted by molar-refractivity contribution is -0.118. The van der Waals surface area contributed by atoms with Crippen molar-refractivity contribution in [2.45, 2.75) is 39.0 Å². The Bertz CT molecular complexity index is 770. The average molecular weight is 385 g/mol. The standard InChI is InChI=1S/C21H27N3O4/c1-3-19(26)22-11-7-9-16(2)8-6-10-17(25)14-20-23-18(15-28-20)21(27)24-12-4-5-13-24/h3,7-9,15H,1,4-6,10-14H2,2H3,(H,22,26)/b9-7+,16-8+. The molecule has 7 nitrogen and oxygen atoms in total. The van der Waals surface area contributed by atoms with Crippen LogP contribution in [0.4, 0.5) is 0 Å². The first-order valence-electron chi connectivity index (χ1n) is 9.48. The van der Waals surface area contributed by atoms with Crippen molar-refractivity contribution in [2.24, 2.45) is 0 Å². The Balaban J connectivity index is 1.72. The molecule has 1 fully saturated rings. The van der Waals surface area contributed by atoms with Gasteiger partial charge in [-0.15, -0.1) is 0 Å². The molecule has 1 aliphatic heterocycles. The number of carbonyl (C=O) groups excluding carboxylic acids is 3. The number of rotatable bonds is 10. The van der Waals surface area contributed by atoms with Crippen LogP contribution < -0.4 is 5.32 Å². The number of oxazole rings is 1. The Morgan fingerprint density at radius 2 is 2.07 bits per heavy atom. The van der Waals surface area contributed by atoms with E-state index in [9.17, 15) is 14.4 Å². The summed E-state index contributed by atoms with van der Waals surface area (Å²) in [4.78, 5) is 41.3. The molecule has 0 aliphatic carbocycles. The van der Waals surface area contributed by atoms with E-state index in [0.717, 1.165) is 31.5 Å². The Morgan fingerprint density at radius 3 is 2.79 bits per heavy atom. The average Bonchev–Trinajstić information content (AvgIpc) is 3.36. The highest BCUT2D eigenvalue weighted by Crippen LogP contribution is 2.13. The molecule has 1 aromatic rings. The molecule has 2 heterocycles. The van der Waals surface area contributed by atoms with E-state index in [0.29, 0.717) is 19.4 Å². The number of allylic oxidation sites excluding steroid dienone is 3. The molecule has 1 saturated heterocycles. The molecule has 0 spiro atoms. The number of aromatic nitrogens is 1. The Kier molecular flexibility index (Phi) is 8.39. The molecule has 0 aromatic carbocycles. The molecule has 1 aromatic heterocycles. The van der Waals surface area contributed by atoms with Crippen LogP contribution >= 0.6 is 0 Å². The Labute approximate surface area is 165 Å². The molecule has 150 valence electrons. The second-order valence-electron chi connectivity index (χ2n) is 6.68. The summed E-state index contributed by atoms with van der Waals surface area (Å²) >= 11 is 0. The molecule has 0 unspecified atom stereocenters. The van der Waals surface area contributed by atoms with Gasteiger partial charge in [-0.2, -0.15) is 0 Å². The first-order chi connectivity index (χ1) is 13.5. The van der Waals surface area contributed by atoms with Crippen molar-refractivity contribution >= 4 is 17.6 Å². The summed E-state index contributed by atoms with van der Waals surface area (Å²) in [5, 5.41) is 2.65. The van der Waals surface area contributed by atoms with Gasteiger partial charge in [0.05, 0.1) is 6.42 Å². The predicted molar refractivity (Wildman–Crippen MR) is 106 cm³/mol. The maximum absolute atomic E-state index is 12.2. The second kappa shape index (κ2) is 11.0. The lowest BCUT2D eigenvalue weighted by atomic mass is 10.1. The van der Waals surface area contributed by atoms with Gasteiger partial charge in [0.15, 0.2) is 5.69 Å². The molecular weight excluding hydrogens is 358 g/mol. The van der Waals surface area contributed by atoms with Crippen molar-refractivity contribution in [1.82, 2.24) is 15.2 Å². The number of ketones is 1. The number of hydrogen-bond donors (Lipinski definition) is 1. The van der Waals surface area contributed by atoms with Crippen LogP contribution in [0, 0.1) is 0 Å². The third-order valence-corrected chi connectivity index (χ3v) is 4.36. The van der Waals surface area contributed by atoms with Gasteiger partial charge in [0.2, 0.25) is 11.8 Å². The maximum Gasteiger partial charge on any atom is 0.275 e. The van der Waals surface area contributed by atoms with Crippen LogP contribution in [0.1, 0.15) is 49.0 Å². The topological polar surface area (TPSA) is 92.5 Å². The number of nitrogens with one attached hydrogen (secondary N) is 1. The van der Waals surface area contributed by atoms with Crippen molar-refractivity contribution in [2.75, 3.05) is 19.6 Å². The SMILES string of the molecule is C=CC(=O)NC/C=C/C(C)=C/CCC(=O)Cc1nc(C(=O)N2CCCC2)co1. The van der Waals surface area contributed by atoms with Crippen molar-refractivity contribution in [3.63, 3.8) is 0 Å². The molecule has 2 rings (SSSR count). The monoisotopic (exact) mass is 385 g/mol. The highest BCUT2D eigenvalue weighted by atomic mass is 16.3. The fraction of sp³-hybridized carbons (Fsp3) is 0.429. The minimum absolute atomic E-state index is 0.00768. The van der Waals surface area contributed by atoms with E-state index >= 15 is 0 Å². The maximum atomic E-state index is 12.2. The number of Topliss-reactive ketones (excluding diaryl/α,β-unsaturated/α-hetero) is 1. The fourth-order valence-electron chi connectivity index (χ4n) is 2.83. The summed E-state index contributed by atoms with van der Waals surface area (Å²) in [6.45, 7) is 7.24. The summed E-state index contributed by atoms with van der Waals surface area (Å²) in [5.41, 5.74) is 1.28. The van der Waals surface area contributed by atoms with E-state index in [4.69, 9.17) is 4.42 Å². The van der Waals surface area contributed by atoms with E-state index in [1.165, 1.54) is 12.3 Å². The summed E-state index contributed by atoms with van der Waals surface area (Å²) in [6.07, 6.45) is 11.3. The van der Waals surface area contributed by atoms with E-state index in [1.807, 2.05) is 25.2 Å². The highest BCUT2D eigenvalue weighted by Gasteiger charge is 2.22. The third kappa shape index (κ3) is 6.98. The third-order valence-electron chi connectivity index (χ3n) is 4.36. The molecule has 1 N–H and O–H groups in total. The van der Waals surface area contributed by atoms with E-state index < -0.39 is 0 Å². The van der Waals surface area contributed by atoms with E-state index in [1.54, 1.807) is 4.90 Å². The summed E-state index contributed by atoms with van der Waals surface area (Å²) in [5.74, 6) is -0.0531. The zero-order chi connectivity index (χ0) is 20.4. The first-order valence-corrected chi connectivity index (χ1v) is 9.48. The van der Waals surface area contributed by atoms with Gasteiger partial charge in [-0.05, 0) is 32.3 Å². The number of nitrogens with zero attached hydrogens (tertiary/aromatic N) is 2. The van der Waals surface area contributed by atoms with Crippen LogP contribution in [0.3, 0.4) is 0 Å². The smallest absolute Gasteiger partial charge is 0.275 e. The molecule has 28 heavy (non-hydrogen) atoms. The van der Waals surface area contributed by atoms with Crippen molar-refractivity contribution < 1.29 is 18.8 Å². The fourth-order valence-corrected chi connectivity index (χ4v) is 2.83. The normalized spacial score (nSPS) is 14.5. The molecule has 0 radical (unpaired) electrons. The van der Waals surface area contributed by atoms with Gasteiger partial charge in [-0.3, -0.25) is 14.4 Å². The second-order valence-corrected chi connectivity index (χ2v) is 6.68. The number of carbonyl (C=O) groups is 3. The van der Waals surface area contributed by atoms with Gasteiger partial charge in [0, 0.05) is 26.1 Å². The van der Waals surface area contributed by atoms with Gasteiger partial charge >= 0.3 is 0 Å². The van der Waals surface area contributed by atoms with Crippen LogP contribution in [0.2, 0.25) is 0 Å². The van der Waals surface area contributed by atoms with Crippen molar-refractivity contribution in [3.05, 3.63) is 54.3 Å². The van der Waals surface area contributed by atoms with Gasteiger partial charge in [-0.25, -0.2) is 4.98 Å². The Morgan fingerprint density at radius 1 is 1.32 bits per heavy atom. The molecule has 2 amide bonds. The van der Waals surface area contributed by atoms with E-state index in [-0.39, 0.29) is 35.6 Å². The van der Waals surface area contributed by atoms with Gasteiger partial charge < -0.3 is 14.6 Å². The summed E-state index contributed by atoms with van der Waals surface area (Å²) in [6, 6.07) is 0. The van der Waals surface area contributed by atoms with Crippen LogP contribution in [-0.4, -0.2) is 47.1 Å². The minimum atomic E-state index is -0.214. The quantitative estimate of drug-likeness (QED) is 0.494. The van der Waals surface area contributed by atoms with Gasteiger partial charge in [0.25, 0.3) is 5.91 Å². The highest BCUT2D eigenvalue weighted by molar-refractivity contribution is 5.92. The summed E-state index contributed by atoms with van der Waals surface area (Å²) in [7, 11) is 0. The number of likely N-dealkylation sites (tertiary alicyclic amines) is 1. The predicted octanol–water partition coefficient (Wildman–Crippen LogP) is 2.61. The number of hydrogen-bond acceptors (Lipinski definition) is 5. The zero-order valence-corrected chi connectivity index (χ0v) is 16.3. The van der Waals surface area contributed by atoms with Crippen LogP contribution in [0.15, 0.2) is 47.1 Å². The molecular formula is C21H27N3O4. The van der Waals surface area contributed by atoms with Gasteiger partial charge in [-0.1, -0.05) is 30.4 Å². The van der Waals surface area contributed by atoms with Crippen molar-refractivity contribution in [3.8, 4) is 0 Å². The van der Waals surface area contributed by atoms with Gasteiger partial charge in [0.1, 0.15) is 12.0 Å².